The number of nitrogens with one attached hydrogen (secondary N) is 1. The molecule has 1 aromatic rings. The molecule has 0 radical (unpaired) electrons. The molecular weight excluding hydrogens is 314 g/mol. The number of ether oxygens (including phenoxy) is 1. The third-order valence-corrected chi connectivity index (χ3v) is 5.62. The molecule has 2 aliphatic rings. The van der Waals surface area contributed by atoms with Crippen LogP contribution in [0.25, 0.3) is 0 Å². The zero-order valence-electron chi connectivity index (χ0n) is 15.5. The number of methoxy groups -OCH3 is 1. The lowest BCUT2D eigenvalue weighted by Gasteiger charge is -2.39. The first-order valence-corrected chi connectivity index (χ1v) is 9.61. The van der Waals surface area contributed by atoms with E-state index in [0.717, 1.165) is 50.5 Å². The number of rotatable bonds is 5. The Morgan fingerprint density at radius 3 is 2.48 bits per heavy atom. The highest BCUT2D eigenvalue weighted by atomic mass is 16.5. The van der Waals surface area contributed by atoms with E-state index in [-0.39, 0.29) is 11.9 Å². The highest BCUT2D eigenvalue weighted by Crippen LogP contribution is 2.28. The van der Waals surface area contributed by atoms with Crippen molar-refractivity contribution in [3.05, 3.63) is 24.3 Å². The molecule has 3 rings (SSSR count). The van der Waals surface area contributed by atoms with Gasteiger partial charge in [-0.15, -0.1) is 0 Å². The molecular formula is C20H31N3O2. The Balaban J connectivity index is 1.51. The number of carbonyl (C=O) groups is 1. The summed E-state index contributed by atoms with van der Waals surface area (Å²) in [7, 11) is 1.72. The van der Waals surface area contributed by atoms with E-state index in [1.807, 2.05) is 25.1 Å². The molecule has 2 fully saturated rings. The normalized spacial score (nSPS) is 21.0. The molecule has 138 valence electrons. The molecule has 1 aliphatic carbocycles. The fraction of sp³-hybridized carbons (Fsp3) is 0.650. The third kappa shape index (κ3) is 4.46. The lowest BCUT2D eigenvalue weighted by Crippen LogP contribution is -2.55. The summed E-state index contributed by atoms with van der Waals surface area (Å²) in [5, 5.41) is 3.26. The average molecular weight is 345 g/mol. The molecule has 5 nitrogen and oxygen atoms in total. The van der Waals surface area contributed by atoms with Crippen LogP contribution in [0.15, 0.2) is 24.3 Å². The SMILES string of the molecule is COc1ccccc1N1CCN(C(C)C(=O)NC2CCCCC2)CC1. The van der Waals surface area contributed by atoms with E-state index in [1.165, 1.54) is 19.3 Å². The number of piperazine rings is 1. The molecule has 1 aliphatic heterocycles. The maximum absolute atomic E-state index is 12.6. The standard InChI is InChI=1S/C20H31N3O2/c1-16(20(24)21-17-8-4-3-5-9-17)22-12-14-23(15-13-22)18-10-6-7-11-19(18)25-2/h6-7,10-11,16-17H,3-5,8-9,12-15H2,1-2H3,(H,21,24). The minimum absolute atomic E-state index is 0.0539. The summed E-state index contributed by atoms with van der Waals surface area (Å²) in [6.45, 7) is 5.67. The summed E-state index contributed by atoms with van der Waals surface area (Å²) in [4.78, 5) is 17.2. The smallest absolute Gasteiger partial charge is 0.237 e. The number of hydrogen-bond acceptors (Lipinski definition) is 4. The topological polar surface area (TPSA) is 44.8 Å². The second-order valence-electron chi connectivity index (χ2n) is 7.21. The van der Waals surface area contributed by atoms with Gasteiger partial charge in [0.15, 0.2) is 0 Å². The number of amides is 1. The van der Waals surface area contributed by atoms with Gasteiger partial charge in [-0.25, -0.2) is 0 Å². The fourth-order valence-corrected chi connectivity index (χ4v) is 3.98. The third-order valence-electron chi connectivity index (χ3n) is 5.62. The highest BCUT2D eigenvalue weighted by molar-refractivity contribution is 5.81. The van der Waals surface area contributed by atoms with Gasteiger partial charge in [0.1, 0.15) is 5.75 Å². The van der Waals surface area contributed by atoms with Crippen molar-refractivity contribution < 1.29 is 9.53 Å². The monoisotopic (exact) mass is 345 g/mol. The van der Waals surface area contributed by atoms with E-state index in [0.29, 0.717) is 6.04 Å². The number of carbonyl (C=O) groups excluding carboxylic acids is 1. The second-order valence-corrected chi connectivity index (χ2v) is 7.21. The summed E-state index contributed by atoms with van der Waals surface area (Å²) < 4.78 is 5.48. The Kier molecular flexibility index (Phi) is 6.19. The summed E-state index contributed by atoms with van der Waals surface area (Å²) in [6.07, 6.45) is 6.08. The van der Waals surface area contributed by atoms with Crippen molar-refractivity contribution in [2.45, 2.75) is 51.1 Å². The molecule has 0 bridgehead atoms. The van der Waals surface area contributed by atoms with Gasteiger partial charge in [0.05, 0.1) is 18.8 Å². The number of hydrogen-bond donors (Lipinski definition) is 1. The zero-order valence-corrected chi connectivity index (χ0v) is 15.5. The van der Waals surface area contributed by atoms with Crippen molar-refractivity contribution in [3.63, 3.8) is 0 Å². The Morgan fingerprint density at radius 2 is 1.80 bits per heavy atom. The van der Waals surface area contributed by atoms with E-state index in [4.69, 9.17) is 4.74 Å². The first-order valence-electron chi connectivity index (χ1n) is 9.61. The van der Waals surface area contributed by atoms with Gasteiger partial charge in [0, 0.05) is 32.2 Å². The predicted octanol–water partition coefficient (Wildman–Crippen LogP) is 2.65. The van der Waals surface area contributed by atoms with Crippen molar-refractivity contribution in [3.8, 4) is 5.75 Å². The van der Waals surface area contributed by atoms with Gasteiger partial charge in [0.2, 0.25) is 5.91 Å². The van der Waals surface area contributed by atoms with Crippen LogP contribution >= 0.6 is 0 Å². The van der Waals surface area contributed by atoms with Gasteiger partial charge < -0.3 is 15.0 Å². The van der Waals surface area contributed by atoms with E-state index >= 15 is 0 Å². The summed E-state index contributed by atoms with van der Waals surface area (Å²) >= 11 is 0. The molecule has 0 aromatic heterocycles. The van der Waals surface area contributed by atoms with Gasteiger partial charge in [-0.2, -0.15) is 0 Å². The maximum atomic E-state index is 12.6. The summed E-state index contributed by atoms with van der Waals surface area (Å²) in [5.41, 5.74) is 1.14. The lowest BCUT2D eigenvalue weighted by atomic mass is 9.95. The Hall–Kier alpha value is -1.75. The van der Waals surface area contributed by atoms with Crippen LogP contribution in [0.3, 0.4) is 0 Å². The minimum Gasteiger partial charge on any atom is -0.495 e. The minimum atomic E-state index is -0.0539. The largest absolute Gasteiger partial charge is 0.495 e. The van der Waals surface area contributed by atoms with Crippen LogP contribution in [0, 0.1) is 0 Å². The molecule has 1 atom stereocenters. The highest BCUT2D eigenvalue weighted by Gasteiger charge is 2.28. The quantitative estimate of drug-likeness (QED) is 0.891. The lowest BCUT2D eigenvalue weighted by molar-refractivity contribution is -0.127. The van der Waals surface area contributed by atoms with Crippen molar-refractivity contribution in [1.29, 1.82) is 0 Å². The van der Waals surface area contributed by atoms with Crippen molar-refractivity contribution >= 4 is 11.6 Å². The van der Waals surface area contributed by atoms with Crippen molar-refractivity contribution in [1.82, 2.24) is 10.2 Å². The van der Waals surface area contributed by atoms with Gasteiger partial charge >= 0.3 is 0 Å². The van der Waals surface area contributed by atoms with Crippen LogP contribution in [0.4, 0.5) is 5.69 Å². The van der Waals surface area contributed by atoms with E-state index in [9.17, 15) is 4.79 Å². The maximum Gasteiger partial charge on any atom is 0.237 e. The van der Waals surface area contributed by atoms with Crippen LogP contribution < -0.4 is 15.0 Å². The molecule has 1 saturated heterocycles. The van der Waals surface area contributed by atoms with Crippen molar-refractivity contribution in [2.75, 3.05) is 38.2 Å². The summed E-state index contributed by atoms with van der Waals surface area (Å²) in [5.74, 6) is 1.11. The second kappa shape index (κ2) is 8.56. The number of anilines is 1. The van der Waals surface area contributed by atoms with Gasteiger partial charge in [0.25, 0.3) is 0 Å². The predicted molar refractivity (Wildman–Crippen MR) is 101 cm³/mol. The van der Waals surface area contributed by atoms with Crippen LogP contribution in [-0.4, -0.2) is 56.2 Å². The number of para-hydroxylation sites is 2. The first-order chi connectivity index (χ1) is 12.2. The fourth-order valence-electron chi connectivity index (χ4n) is 3.98. The van der Waals surface area contributed by atoms with Crippen LogP contribution in [0.1, 0.15) is 39.0 Å². The molecule has 1 N–H and O–H groups in total. The van der Waals surface area contributed by atoms with Crippen LogP contribution in [0.5, 0.6) is 5.75 Å². The first kappa shape index (κ1) is 18.1. The molecule has 1 heterocycles. The summed E-state index contributed by atoms with van der Waals surface area (Å²) in [6, 6.07) is 8.48. The Labute approximate surface area is 151 Å². The van der Waals surface area contributed by atoms with E-state index in [2.05, 4.69) is 21.2 Å². The molecule has 1 amide bonds. The van der Waals surface area contributed by atoms with Gasteiger partial charge in [-0.05, 0) is 31.9 Å². The average Bonchev–Trinajstić information content (AvgIpc) is 2.68. The zero-order chi connectivity index (χ0) is 17.6. The van der Waals surface area contributed by atoms with E-state index in [1.54, 1.807) is 7.11 Å². The van der Waals surface area contributed by atoms with Crippen LogP contribution in [0.2, 0.25) is 0 Å². The molecule has 5 heteroatoms. The molecule has 0 spiro atoms. The van der Waals surface area contributed by atoms with Crippen LogP contribution in [-0.2, 0) is 4.79 Å². The number of benzene rings is 1. The molecule has 1 unspecified atom stereocenters. The number of nitrogens with zero attached hydrogens (tertiary/aromatic N) is 2. The molecule has 1 saturated carbocycles. The molecule has 25 heavy (non-hydrogen) atoms. The van der Waals surface area contributed by atoms with E-state index < -0.39 is 0 Å². The van der Waals surface area contributed by atoms with Gasteiger partial charge in [-0.1, -0.05) is 31.4 Å². The Bertz CT molecular complexity index is 564. The molecule has 1 aromatic carbocycles. The Morgan fingerprint density at radius 1 is 1.12 bits per heavy atom. The van der Waals surface area contributed by atoms with Gasteiger partial charge in [-0.3, -0.25) is 9.69 Å². The van der Waals surface area contributed by atoms with Crippen molar-refractivity contribution in [2.24, 2.45) is 0 Å².